The molecule has 0 aliphatic carbocycles. The quantitative estimate of drug-likeness (QED) is 0.0152. The average molecular weight is 1380 g/mol. The number of ether oxygens (including phenoxy) is 4. The highest BCUT2D eigenvalue weighted by Crippen LogP contribution is 2.27. The van der Waals surface area contributed by atoms with Crippen molar-refractivity contribution in [1.29, 1.82) is 0 Å². The molecule has 0 radical (unpaired) electrons. The predicted molar refractivity (Wildman–Crippen MR) is 343 cm³/mol. The van der Waals surface area contributed by atoms with Crippen molar-refractivity contribution in [1.82, 2.24) is 5.32 Å². The number of alkyl halides is 8. The van der Waals surface area contributed by atoms with E-state index in [9.17, 15) is 68.7 Å². The molecule has 0 aliphatic rings. The van der Waals surface area contributed by atoms with E-state index >= 15 is 0 Å². The minimum atomic E-state index is -3.47. The molecule has 0 unspecified atom stereocenters. The molecule has 94 heavy (non-hydrogen) atoms. The molecule has 0 aliphatic heterocycles. The SMILES string of the molecule is C.CCC(F)(F)CO.C[C@@H](C(=O)OCC(F)(F)CCC=S)c1cccc(C(=O)c2ccccc2)c1.C[C@@H](C(=O)OCC(F)(F)CNC(=O)OC(C)(C)C)c1cccc(C(=O)c2ccccc2)c1.C[C@@H](C(=O)OCC(F)(F)C[NH3+])c1cccc(C(=O)c2ccccc2)c1.Cl.[Cl-]. The first-order chi connectivity index (χ1) is 42.7. The molecule has 514 valence electrons. The number of aliphatic hydroxyl groups is 1. The Hall–Kier alpha value is -7.96. The van der Waals surface area contributed by atoms with Crippen molar-refractivity contribution in [3.63, 3.8) is 0 Å². The van der Waals surface area contributed by atoms with Gasteiger partial charge in [0.05, 0.1) is 24.3 Å². The molecule has 0 spiro atoms. The number of quaternary nitrogens is 1. The molecule has 0 aromatic heterocycles. The highest BCUT2D eigenvalue weighted by atomic mass is 35.5. The molecule has 6 aromatic rings. The maximum absolute atomic E-state index is 14.0. The monoisotopic (exact) mass is 1380 g/mol. The second-order valence-corrected chi connectivity index (χ2v) is 22.0. The van der Waals surface area contributed by atoms with Gasteiger partial charge in [-0.05, 0) is 88.2 Å². The van der Waals surface area contributed by atoms with Crippen LogP contribution in [0.5, 0.6) is 0 Å². The first-order valence-corrected chi connectivity index (χ1v) is 29.1. The van der Waals surface area contributed by atoms with Crippen molar-refractivity contribution in [2.45, 2.75) is 122 Å². The van der Waals surface area contributed by atoms with E-state index in [2.05, 4.69) is 22.7 Å². The lowest BCUT2D eigenvalue weighted by Crippen LogP contribution is -3.00. The summed E-state index contributed by atoms with van der Waals surface area (Å²) in [4.78, 5) is 85.6. The Kier molecular flexibility index (Phi) is 37.5. The maximum atomic E-state index is 14.0. The molecule has 25 heteroatoms. The molecule has 0 bridgehead atoms. The third kappa shape index (κ3) is 30.9. The summed E-state index contributed by atoms with van der Waals surface area (Å²) in [6, 6.07) is 45.6. The number of hydrogen-bond donors (Lipinski definition) is 3. The molecule has 6 rings (SSSR count). The molecule has 0 fully saturated rings. The van der Waals surface area contributed by atoms with E-state index < -0.39 is 117 Å². The van der Waals surface area contributed by atoms with Crippen molar-refractivity contribution in [3.05, 3.63) is 214 Å². The van der Waals surface area contributed by atoms with Crippen LogP contribution in [0.2, 0.25) is 0 Å². The zero-order chi connectivity index (χ0) is 68.2. The van der Waals surface area contributed by atoms with Crippen molar-refractivity contribution in [3.8, 4) is 0 Å². The van der Waals surface area contributed by atoms with Gasteiger partial charge in [-0.1, -0.05) is 172 Å². The number of aliphatic hydroxyl groups excluding tert-OH is 1. The van der Waals surface area contributed by atoms with E-state index in [0.29, 0.717) is 50.1 Å². The van der Waals surface area contributed by atoms with Gasteiger partial charge in [-0.3, -0.25) is 28.8 Å². The zero-order valence-electron chi connectivity index (χ0n) is 52.1. The Labute approximate surface area is 560 Å². The van der Waals surface area contributed by atoms with Crippen LogP contribution >= 0.6 is 24.6 Å². The first-order valence-electron chi connectivity index (χ1n) is 28.6. The second-order valence-electron chi connectivity index (χ2n) is 21.7. The molecule has 0 saturated carbocycles. The number of hydrogen-bond acceptors (Lipinski definition) is 13. The molecule has 0 heterocycles. The number of nitrogens with one attached hydrogen (secondary N) is 1. The van der Waals surface area contributed by atoms with Crippen molar-refractivity contribution in [2.75, 3.05) is 39.5 Å². The number of benzene rings is 6. The van der Waals surface area contributed by atoms with Crippen molar-refractivity contribution in [2.24, 2.45) is 0 Å². The molecule has 3 atom stereocenters. The van der Waals surface area contributed by atoms with Crippen LogP contribution in [0.15, 0.2) is 164 Å². The molecule has 6 aromatic carbocycles. The van der Waals surface area contributed by atoms with E-state index in [-0.39, 0.29) is 62.4 Å². The summed E-state index contributed by atoms with van der Waals surface area (Å²) < 4.78 is 124. The van der Waals surface area contributed by atoms with Crippen LogP contribution in [0.3, 0.4) is 0 Å². The topological polar surface area (TPSA) is 216 Å². The second kappa shape index (κ2) is 41.0. The third-order valence-electron chi connectivity index (χ3n) is 13.0. The molecule has 0 saturated heterocycles. The van der Waals surface area contributed by atoms with Gasteiger partial charge in [0.1, 0.15) is 18.8 Å². The van der Waals surface area contributed by atoms with Gasteiger partial charge in [-0.25, -0.2) is 31.1 Å². The lowest BCUT2D eigenvalue weighted by Gasteiger charge is -2.22. The number of ketones is 3. The lowest BCUT2D eigenvalue weighted by atomic mass is 9.96. The van der Waals surface area contributed by atoms with Gasteiger partial charge in [-0.15, -0.1) is 12.4 Å². The Morgan fingerprint density at radius 1 is 0.511 bits per heavy atom. The predicted octanol–water partition coefficient (Wildman–Crippen LogP) is 11.2. The first kappa shape index (κ1) is 86.0. The van der Waals surface area contributed by atoms with Gasteiger partial charge in [0, 0.05) is 46.2 Å². The minimum absolute atomic E-state index is 0. The Morgan fingerprint density at radius 2 is 0.819 bits per heavy atom. The molecular formula is C69H80Cl2F8N2O12S. The van der Waals surface area contributed by atoms with Gasteiger partial charge in [0.15, 0.2) is 37.2 Å². The van der Waals surface area contributed by atoms with E-state index in [4.69, 9.17) is 19.3 Å². The van der Waals surface area contributed by atoms with Crippen molar-refractivity contribution >= 4 is 71.3 Å². The molecule has 1 amide bonds. The summed E-state index contributed by atoms with van der Waals surface area (Å²) >= 11 is 4.54. The average Bonchev–Trinajstić information content (AvgIpc) is 0.864. The van der Waals surface area contributed by atoms with Crippen LogP contribution < -0.4 is 23.5 Å². The summed E-state index contributed by atoms with van der Waals surface area (Å²) in [5, 5.41) is 11.0. The summed E-state index contributed by atoms with van der Waals surface area (Å²) in [7, 11) is 0. The van der Waals surface area contributed by atoms with Crippen LogP contribution in [0.1, 0.15) is 157 Å². The van der Waals surface area contributed by atoms with E-state index in [1.807, 2.05) is 17.4 Å². The van der Waals surface area contributed by atoms with Gasteiger partial charge in [-0.2, -0.15) is 8.78 Å². The number of esters is 3. The van der Waals surface area contributed by atoms with E-state index in [1.54, 1.807) is 186 Å². The number of carbonyl (C=O) groups excluding carboxylic acids is 7. The van der Waals surface area contributed by atoms with Gasteiger partial charge < -0.3 is 47.5 Å². The fourth-order valence-corrected chi connectivity index (χ4v) is 7.64. The summed E-state index contributed by atoms with van der Waals surface area (Å²) in [5.74, 6) is -17.9. The number of thiocarbonyl (C=S) groups is 1. The highest BCUT2D eigenvalue weighted by Gasteiger charge is 2.35. The Bertz CT molecular complexity index is 3340. The number of rotatable bonds is 26. The third-order valence-corrected chi connectivity index (χ3v) is 13.3. The van der Waals surface area contributed by atoms with Crippen molar-refractivity contribution < 1.29 is 111 Å². The fraction of sp³-hybridized carbons (Fsp3) is 0.362. The Balaban J connectivity index is 0.00000130. The van der Waals surface area contributed by atoms with E-state index in [0.717, 1.165) is 0 Å². The number of amides is 1. The molecule has 14 nitrogen and oxygen atoms in total. The summed E-state index contributed by atoms with van der Waals surface area (Å²) in [6.45, 7) is 4.87. The molecule has 5 N–H and O–H groups in total. The van der Waals surface area contributed by atoms with E-state index in [1.165, 1.54) is 19.2 Å². The van der Waals surface area contributed by atoms with Crippen LogP contribution in [0, 0.1) is 0 Å². The zero-order valence-corrected chi connectivity index (χ0v) is 54.5. The smallest absolute Gasteiger partial charge is 0.407 e. The van der Waals surface area contributed by atoms with Gasteiger partial charge in [0.25, 0.3) is 17.8 Å². The van der Waals surface area contributed by atoms with Gasteiger partial charge >= 0.3 is 29.9 Å². The molecular weight excluding hydrogens is 1300 g/mol. The number of carbonyl (C=O) groups is 7. The summed E-state index contributed by atoms with van der Waals surface area (Å²) in [6.07, 6.45) is -1.67. The number of alkyl carbamates (subject to hydrolysis) is 1. The fourth-order valence-electron chi connectivity index (χ4n) is 7.52. The standard InChI is InChI=1S/C24H27F2NO5.C21H20F2O3S.C19H19F2NO3.C4H8F2O.CH4.2ClH/c1-16(18-11-8-12-19(13-18)20(28)17-9-6-5-7-10-17)21(29)31-15-24(25,26)14-27-22(30)32-23(2,3)4;1-15(20(25)26-14-21(22,23)11-6-12-27)17-9-5-10-18(13-17)19(24)16-7-3-2-4-8-16;1-13(18(24)25-12-19(20,21)11-22)15-8-5-9-16(10-15)17(23)14-6-3-2-4-7-14;1-2-4(5,6)3-7;;;/h5-13,16H,14-15H2,1-4H3,(H,27,30);2-5,7-10,12-13,15H,6,11,14H2,1H3;2-10,13H,11-12,22H2,1H3;7H,2-3H2,1H3;1H4;2*1H/t16-;15-;13-;;;;/m111..../s1. The largest absolute Gasteiger partial charge is 1.00 e. The van der Waals surface area contributed by atoms with Crippen LogP contribution in [-0.2, 0) is 33.3 Å². The number of halogens is 10. The minimum Gasteiger partial charge on any atom is -1.00 e. The maximum Gasteiger partial charge on any atom is 0.407 e. The van der Waals surface area contributed by atoms with Gasteiger partial charge in [0.2, 0.25) is 0 Å². The summed E-state index contributed by atoms with van der Waals surface area (Å²) in [5.41, 5.74) is 6.61. The lowest BCUT2D eigenvalue weighted by molar-refractivity contribution is -0.409. The van der Waals surface area contributed by atoms with Crippen LogP contribution in [0.25, 0.3) is 0 Å². The normalized spacial score (nSPS) is 12.0. The van der Waals surface area contributed by atoms with Crippen LogP contribution in [0.4, 0.5) is 39.9 Å². The highest BCUT2D eigenvalue weighted by molar-refractivity contribution is 7.78. The van der Waals surface area contributed by atoms with Crippen LogP contribution in [-0.4, -0.2) is 121 Å². The Morgan fingerprint density at radius 3 is 1.10 bits per heavy atom.